The number of carbonyl (C=O) groups is 1. The fourth-order valence-corrected chi connectivity index (χ4v) is 4.65. The second-order valence-electron chi connectivity index (χ2n) is 8.97. The third-order valence-electron chi connectivity index (χ3n) is 6.52. The maximum absolute atomic E-state index is 13.5. The van der Waals surface area contributed by atoms with Crippen molar-refractivity contribution in [2.75, 3.05) is 13.7 Å². The summed E-state index contributed by atoms with van der Waals surface area (Å²) < 4.78 is 7.35. The molecule has 2 aromatic heterocycles. The normalized spacial score (nSPS) is 15.2. The van der Waals surface area contributed by atoms with E-state index >= 15 is 0 Å². The standard InChI is InChI=1S/C27H29N5O2/c1-18(2)19-5-7-21(8-6-19)26-23-24(20-9-11-22(34-3)12-10-20)29-30-25(23)27(33)32(26)15-4-14-31-16-13-28-17-31/h5-13,16-18,26H,4,14-15H2,1-3H3,(H,29,30). The summed E-state index contributed by atoms with van der Waals surface area (Å²) in [5, 5.41) is 7.60. The number of carbonyl (C=O) groups excluding carboxylic acids is 1. The first-order chi connectivity index (χ1) is 16.6. The molecule has 1 amide bonds. The average Bonchev–Trinajstić information content (AvgIpc) is 3.58. The van der Waals surface area contributed by atoms with E-state index in [-0.39, 0.29) is 11.9 Å². The number of ether oxygens (including phenoxy) is 1. The quantitative estimate of drug-likeness (QED) is 0.404. The molecule has 0 radical (unpaired) electrons. The average molecular weight is 456 g/mol. The molecule has 0 fully saturated rings. The summed E-state index contributed by atoms with van der Waals surface area (Å²) in [7, 11) is 1.65. The molecular formula is C27H29N5O2. The fraction of sp³-hybridized carbons (Fsp3) is 0.296. The van der Waals surface area contributed by atoms with Crippen LogP contribution in [0.25, 0.3) is 11.3 Å². The molecule has 0 aliphatic carbocycles. The number of aromatic amines is 1. The molecular weight excluding hydrogens is 426 g/mol. The molecule has 7 nitrogen and oxygen atoms in total. The van der Waals surface area contributed by atoms with Crippen molar-refractivity contribution in [3.63, 3.8) is 0 Å². The van der Waals surface area contributed by atoms with Crippen LogP contribution in [0.15, 0.2) is 67.3 Å². The van der Waals surface area contributed by atoms with Crippen LogP contribution in [0.1, 0.15) is 59.4 Å². The van der Waals surface area contributed by atoms with Gasteiger partial charge in [-0.05, 0) is 47.7 Å². The molecule has 5 rings (SSSR count). The van der Waals surface area contributed by atoms with Crippen LogP contribution in [0, 0.1) is 0 Å². The molecule has 0 spiro atoms. The number of benzene rings is 2. The van der Waals surface area contributed by atoms with E-state index in [1.807, 2.05) is 46.3 Å². The van der Waals surface area contributed by atoms with E-state index in [0.29, 0.717) is 18.2 Å². The summed E-state index contributed by atoms with van der Waals surface area (Å²) >= 11 is 0. The van der Waals surface area contributed by atoms with Crippen LogP contribution in [0.2, 0.25) is 0 Å². The molecule has 174 valence electrons. The molecule has 1 aliphatic rings. The Morgan fingerprint density at radius 3 is 2.47 bits per heavy atom. The van der Waals surface area contributed by atoms with Crippen LogP contribution in [-0.2, 0) is 6.54 Å². The third-order valence-corrected chi connectivity index (χ3v) is 6.52. The first-order valence-electron chi connectivity index (χ1n) is 11.7. The number of nitrogens with one attached hydrogen (secondary N) is 1. The van der Waals surface area contributed by atoms with Crippen molar-refractivity contribution in [3.8, 4) is 17.0 Å². The summed E-state index contributed by atoms with van der Waals surface area (Å²) in [6.45, 7) is 5.82. The maximum Gasteiger partial charge on any atom is 0.273 e. The zero-order valence-electron chi connectivity index (χ0n) is 19.7. The first-order valence-corrected chi connectivity index (χ1v) is 11.7. The Kier molecular flexibility index (Phi) is 5.92. The summed E-state index contributed by atoms with van der Waals surface area (Å²) in [5.74, 6) is 1.23. The van der Waals surface area contributed by atoms with Gasteiger partial charge in [0.15, 0.2) is 0 Å². The van der Waals surface area contributed by atoms with Crippen molar-refractivity contribution < 1.29 is 9.53 Å². The van der Waals surface area contributed by atoms with Crippen molar-refractivity contribution in [2.45, 2.75) is 38.8 Å². The SMILES string of the molecule is COc1ccc(-c2n[nH]c3c2C(c2ccc(C(C)C)cc2)N(CCCn2ccnc2)C3=O)cc1. The largest absolute Gasteiger partial charge is 0.497 e. The predicted molar refractivity (Wildman–Crippen MR) is 131 cm³/mol. The smallest absolute Gasteiger partial charge is 0.273 e. The number of imidazole rings is 1. The zero-order chi connectivity index (χ0) is 23.7. The molecule has 1 unspecified atom stereocenters. The lowest BCUT2D eigenvalue weighted by Crippen LogP contribution is -2.31. The van der Waals surface area contributed by atoms with Crippen LogP contribution in [0.4, 0.5) is 0 Å². The Labute approximate surface area is 199 Å². The van der Waals surface area contributed by atoms with Crippen molar-refractivity contribution in [2.24, 2.45) is 0 Å². The Morgan fingerprint density at radius 2 is 1.82 bits per heavy atom. The number of hydrogen-bond acceptors (Lipinski definition) is 4. The van der Waals surface area contributed by atoms with Gasteiger partial charge in [0, 0.05) is 36.6 Å². The van der Waals surface area contributed by atoms with Crippen LogP contribution in [-0.4, -0.2) is 44.2 Å². The van der Waals surface area contributed by atoms with Gasteiger partial charge in [-0.1, -0.05) is 38.1 Å². The first kappa shape index (κ1) is 21.9. The van der Waals surface area contributed by atoms with Gasteiger partial charge in [0.2, 0.25) is 0 Å². The number of rotatable bonds is 8. The number of fused-ring (bicyclic) bond motifs is 1. The summed E-state index contributed by atoms with van der Waals surface area (Å²) in [6, 6.07) is 16.2. The molecule has 3 heterocycles. The Bertz CT molecular complexity index is 1260. The predicted octanol–water partition coefficient (Wildman–Crippen LogP) is 5.04. The lowest BCUT2D eigenvalue weighted by Gasteiger charge is -2.27. The topological polar surface area (TPSA) is 76.0 Å². The molecule has 1 N–H and O–H groups in total. The molecule has 4 aromatic rings. The minimum Gasteiger partial charge on any atom is -0.497 e. The van der Waals surface area contributed by atoms with E-state index in [2.05, 4.69) is 53.3 Å². The van der Waals surface area contributed by atoms with E-state index in [1.54, 1.807) is 13.3 Å². The molecule has 34 heavy (non-hydrogen) atoms. The van der Waals surface area contributed by atoms with Gasteiger partial charge in [-0.15, -0.1) is 0 Å². The van der Waals surface area contributed by atoms with Crippen molar-refractivity contribution in [1.29, 1.82) is 0 Å². The number of amides is 1. The van der Waals surface area contributed by atoms with E-state index < -0.39 is 0 Å². The maximum atomic E-state index is 13.5. The van der Waals surface area contributed by atoms with Gasteiger partial charge in [0.05, 0.1) is 25.2 Å². The Balaban J connectivity index is 1.52. The molecule has 0 bridgehead atoms. The highest BCUT2D eigenvalue weighted by Crippen LogP contribution is 2.43. The van der Waals surface area contributed by atoms with Crippen molar-refractivity contribution in [3.05, 3.63) is 89.6 Å². The number of H-pyrrole nitrogens is 1. The van der Waals surface area contributed by atoms with Crippen LogP contribution in [0.3, 0.4) is 0 Å². The lowest BCUT2D eigenvalue weighted by atomic mass is 9.93. The van der Waals surface area contributed by atoms with Gasteiger partial charge in [-0.3, -0.25) is 9.89 Å². The molecule has 0 saturated heterocycles. The van der Waals surface area contributed by atoms with Gasteiger partial charge in [0.25, 0.3) is 5.91 Å². The second-order valence-corrected chi connectivity index (χ2v) is 8.97. The summed E-state index contributed by atoms with van der Waals surface area (Å²) in [6.07, 6.45) is 6.36. The van der Waals surface area contributed by atoms with Crippen LogP contribution >= 0.6 is 0 Å². The number of aryl methyl sites for hydroxylation is 1. The van der Waals surface area contributed by atoms with E-state index in [0.717, 1.165) is 41.1 Å². The summed E-state index contributed by atoms with van der Waals surface area (Å²) in [4.78, 5) is 19.6. The minimum atomic E-state index is -0.192. The number of nitrogens with zero attached hydrogens (tertiary/aromatic N) is 4. The zero-order valence-corrected chi connectivity index (χ0v) is 19.7. The molecule has 7 heteroatoms. The second kappa shape index (κ2) is 9.17. The highest BCUT2D eigenvalue weighted by atomic mass is 16.5. The highest BCUT2D eigenvalue weighted by molar-refractivity contribution is 6.00. The summed E-state index contributed by atoms with van der Waals surface area (Å²) in [5.41, 5.74) is 5.65. The van der Waals surface area contributed by atoms with E-state index in [1.165, 1.54) is 5.56 Å². The van der Waals surface area contributed by atoms with Gasteiger partial charge in [0.1, 0.15) is 11.4 Å². The van der Waals surface area contributed by atoms with Crippen molar-refractivity contribution in [1.82, 2.24) is 24.6 Å². The fourth-order valence-electron chi connectivity index (χ4n) is 4.65. The van der Waals surface area contributed by atoms with Crippen molar-refractivity contribution >= 4 is 5.91 Å². The number of aromatic nitrogens is 4. The monoisotopic (exact) mass is 455 g/mol. The third kappa shape index (κ3) is 3.98. The van der Waals surface area contributed by atoms with Crippen LogP contribution in [0.5, 0.6) is 5.75 Å². The molecule has 1 atom stereocenters. The molecule has 1 aliphatic heterocycles. The van der Waals surface area contributed by atoms with Crippen LogP contribution < -0.4 is 4.74 Å². The Hall–Kier alpha value is -3.87. The number of methoxy groups -OCH3 is 1. The lowest BCUT2D eigenvalue weighted by molar-refractivity contribution is 0.0739. The van der Waals surface area contributed by atoms with E-state index in [4.69, 9.17) is 4.74 Å². The van der Waals surface area contributed by atoms with Gasteiger partial charge in [-0.25, -0.2) is 4.98 Å². The van der Waals surface area contributed by atoms with E-state index in [9.17, 15) is 4.79 Å². The Morgan fingerprint density at radius 1 is 1.06 bits per heavy atom. The van der Waals surface area contributed by atoms with Gasteiger partial charge < -0.3 is 14.2 Å². The molecule has 0 saturated carbocycles. The minimum absolute atomic E-state index is 0.00849. The van der Waals surface area contributed by atoms with Gasteiger partial charge >= 0.3 is 0 Å². The molecule has 2 aromatic carbocycles. The number of hydrogen-bond donors (Lipinski definition) is 1. The van der Waals surface area contributed by atoms with Gasteiger partial charge in [-0.2, -0.15) is 5.10 Å². The highest BCUT2D eigenvalue weighted by Gasteiger charge is 2.41.